The van der Waals surface area contributed by atoms with Gasteiger partial charge in [0.1, 0.15) is 17.7 Å². The van der Waals surface area contributed by atoms with Crippen LogP contribution in [0.15, 0.2) is 10.8 Å². The second-order valence-corrected chi connectivity index (χ2v) is 5.69. The molecule has 1 aliphatic heterocycles. The van der Waals surface area contributed by atoms with Crippen molar-refractivity contribution in [3.63, 3.8) is 0 Å². The maximum Gasteiger partial charge on any atom is 0.259 e. The molecular formula is C14H18N4O3. The Labute approximate surface area is 122 Å². The van der Waals surface area contributed by atoms with Gasteiger partial charge in [-0.1, -0.05) is 5.16 Å². The molecule has 0 bridgehead atoms. The Morgan fingerprint density at radius 1 is 1.62 bits per heavy atom. The van der Waals surface area contributed by atoms with Crippen molar-refractivity contribution in [1.82, 2.24) is 15.4 Å². The number of aromatic nitrogens is 1. The van der Waals surface area contributed by atoms with Gasteiger partial charge in [0, 0.05) is 13.1 Å². The fourth-order valence-corrected chi connectivity index (χ4v) is 2.37. The highest BCUT2D eigenvalue weighted by Crippen LogP contribution is 2.23. The summed E-state index contributed by atoms with van der Waals surface area (Å²) in [5.74, 6) is -1.16. The lowest BCUT2D eigenvalue weighted by Gasteiger charge is -2.26. The fourth-order valence-electron chi connectivity index (χ4n) is 2.37. The number of carbonyl (C=O) groups excluding carboxylic acids is 2. The van der Waals surface area contributed by atoms with Crippen LogP contribution in [0.2, 0.25) is 0 Å². The van der Waals surface area contributed by atoms with Gasteiger partial charge < -0.3 is 14.7 Å². The zero-order valence-electron chi connectivity index (χ0n) is 12.3. The van der Waals surface area contributed by atoms with Crippen molar-refractivity contribution in [3.8, 4) is 6.07 Å². The molecule has 0 radical (unpaired) electrons. The summed E-state index contributed by atoms with van der Waals surface area (Å²) in [6.45, 7) is 6.09. The first kappa shape index (κ1) is 15.0. The van der Waals surface area contributed by atoms with Crippen LogP contribution in [0.1, 0.15) is 36.3 Å². The first-order valence-electron chi connectivity index (χ1n) is 6.78. The SMILES string of the molecule is Cc1nocc1C(=O)N1CCC(C)(NC(=O)C(C)C#N)C1. The molecule has 7 nitrogen and oxygen atoms in total. The van der Waals surface area contributed by atoms with Crippen molar-refractivity contribution in [2.24, 2.45) is 5.92 Å². The first-order valence-corrected chi connectivity index (χ1v) is 6.78. The highest BCUT2D eigenvalue weighted by Gasteiger charge is 2.38. The minimum Gasteiger partial charge on any atom is -0.364 e. The number of nitrogens with zero attached hydrogens (tertiary/aromatic N) is 3. The molecule has 0 saturated carbocycles. The van der Waals surface area contributed by atoms with E-state index in [1.165, 1.54) is 6.26 Å². The maximum atomic E-state index is 12.4. The minimum absolute atomic E-state index is 0.153. The van der Waals surface area contributed by atoms with E-state index in [2.05, 4.69) is 10.5 Å². The van der Waals surface area contributed by atoms with E-state index in [9.17, 15) is 9.59 Å². The molecule has 21 heavy (non-hydrogen) atoms. The molecule has 1 aliphatic rings. The third-order valence-electron chi connectivity index (χ3n) is 3.75. The van der Waals surface area contributed by atoms with E-state index >= 15 is 0 Å². The van der Waals surface area contributed by atoms with Crippen LogP contribution in [0.4, 0.5) is 0 Å². The summed E-state index contributed by atoms with van der Waals surface area (Å²) in [7, 11) is 0. The molecule has 0 aromatic carbocycles. The van der Waals surface area contributed by atoms with Crippen molar-refractivity contribution in [2.75, 3.05) is 13.1 Å². The van der Waals surface area contributed by atoms with Crippen LogP contribution in [-0.2, 0) is 4.79 Å². The molecule has 2 unspecified atom stereocenters. The summed E-state index contributed by atoms with van der Waals surface area (Å²) < 4.78 is 4.79. The largest absolute Gasteiger partial charge is 0.364 e. The molecule has 1 fully saturated rings. The number of carbonyl (C=O) groups is 2. The fraction of sp³-hybridized carbons (Fsp3) is 0.571. The number of hydrogen-bond acceptors (Lipinski definition) is 5. The van der Waals surface area contributed by atoms with Crippen LogP contribution in [-0.4, -0.2) is 40.5 Å². The smallest absolute Gasteiger partial charge is 0.259 e. The Kier molecular flexibility index (Phi) is 3.98. The van der Waals surface area contributed by atoms with E-state index in [-0.39, 0.29) is 11.8 Å². The molecule has 2 atom stereocenters. The Bertz CT molecular complexity index is 604. The van der Waals surface area contributed by atoms with Gasteiger partial charge >= 0.3 is 0 Å². The first-order chi connectivity index (χ1) is 9.86. The average Bonchev–Trinajstić information content (AvgIpc) is 3.03. The summed E-state index contributed by atoms with van der Waals surface area (Å²) in [4.78, 5) is 25.8. The molecule has 2 amide bonds. The molecule has 0 aliphatic carbocycles. The Hall–Kier alpha value is -2.36. The minimum atomic E-state index is -0.702. The summed E-state index contributed by atoms with van der Waals surface area (Å²) in [5.41, 5.74) is 0.481. The highest BCUT2D eigenvalue weighted by atomic mass is 16.5. The van der Waals surface area contributed by atoms with Crippen LogP contribution in [0.5, 0.6) is 0 Å². The van der Waals surface area contributed by atoms with Gasteiger partial charge in [-0.3, -0.25) is 9.59 Å². The van der Waals surface area contributed by atoms with Crippen molar-refractivity contribution in [1.29, 1.82) is 5.26 Å². The molecule has 1 aromatic heterocycles. The normalized spacial score (nSPS) is 22.7. The second kappa shape index (κ2) is 5.56. The van der Waals surface area contributed by atoms with Crippen molar-refractivity contribution >= 4 is 11.8 Å². The van der Waals surface area contributed by atoms with Crippen molar-refractivity contribution in [3.05, 3.63) is 17.5 Å². The number of nitrogens with one attached hydrogen (secondary N) is 1. The quantitative estimate of drug-likeness (QED) is 0.890. The number of hydrogen-bond donors (Lipinski definition) is 1. The lowest BCUT2D eigenvalue weighted by Crippen LogP contribution is -2.50. The number of likely N-dealkylation sites (tertiary alicyclic amines) is 1. The topological polar surface area (TPSA) is 99.2 Å². The number of rotatable bonds is 3. The van der Waals surface area contributed by atoms with E-state index < -0.39 is 11.5 Å². The predicted octanol–water partition coefficient (Wildman–Crippen LogP) is 0.863. The summed E-state index contributed by atoms with van der Waals surface area (Å²) in [5, 5.41) is 15.3. The van der Waals surface area contributed by atoms with Gasteiger partial charge in [0.25, 0.3) is 5.91 Å². The second-order valence-electron chi connectivity index (χ2n) is 5.69. The van der Waals surface area contributed by atoms with E-state index in [1.54, 1.807) is 18.7 Å². The van der Waals surface area contributed by atoms with Crippen LogP contribution < -0.4 is 5.32 Å². The van der Waals surface area contributed by atoms with Gasteiger partial charge in [0.15, 0.2) is 0 Å². The third-order valence-corrected chi connectivity index (χ3v) is 3.75. The van der Waals surface area contributed by atoms with E-state index in [4.69, 9.17) is 9.78 Å². The summed E-state index contributed by atoms with van der Waals surface area (Å²) in [6, 6.07) is 1.91. The van der Waals surface area contributed by atoms with Gasteiger partial charge in [0.2, 0.25) is 5.91 Å². The number of nitriles is 1. The Balaban J connectivity index is 2.03. The van der Waals surface area contributed by atoms with E-state index in [1.807, 2.05) is 13.0 Å². The van der Waals surface area contributed by atoms with Crippen molar-refractivity contribution in [2.45, 2.75) is 32.7 Å². The lowest BCUT2D eigenvalue weighted by molar-refractivity contribution is -0.124. The molecule has 1 saturated heterocycles. The average molecular weight is 290 g/mol. The predicted molar refractivity (Wildman–Crippen MR) is 73.1 cm³/mol. The molecule has 2 heterocycles. The Morgan fingerprint density at radius 3 is 2.90 bits per heavy atom. The van der Waals surface area contributed by atoms with Crippen LogP contribution in [0.3, 0.4) is 0 Å². The number of amides is 2. The summed E-state index contributed by atoms with van der Waals surface area (Å²) >= 11 is 0. The molecule has 1 N–H and O–H groups in total. The van der Waals surface area contributed by atoms with E-state index in [0.29, 0.717) is 30.8 Å². The molecular weight excluding hydrogens is 272 g/mol. The summed E-state index contributed by atoms with van der Waals surface area (Å²) in [6.07, 6.45) is 1.98. The molecule has 0 spiro atoms. The standard InChI is InChI=1S/C14H18N4O3/c1-9(6-15)12(19)16-14(3)4-5-18(8-14)13(20)11-7-21-17-10(11)2/h7,9H,4-5,8H2,1-3H3,(H,16,19). The third kappa shape index (κ3) is 3.05. The Morgan fingerprint density at radius 2 is 2.33 bits per heavy atom. The zero-order chi connectivity index (χ0) is 15.6. The molecule has 1 aromatic rings. The lowest BCUT2D eigenvalue weighted by atomic mass is 10.0. The number of aryl methyl sites for hydroxylation is 1. The zero-order valence-corrected chi connectivity index (χ0v) is 12.3. The highest BCUT2D eigenvalue weighted by molar-refractivity contribution is 5.95. The maximum absolute atomic E-state index is 12.4. The van der Waals surface area contributed by atoms with E-state index in [0.717, 1.165) is 0 Å². The van der Waals surface area contributed by atoms with Gasteiger partial charge in [-0.05, 0) is 27.2 Å². The van der Waals surface area contributed by atoms with Crippen LogP contribution in [0, 0.1) is 24.2 Å². The van der Waals surface area contributed by atoms with Gasteiger partial charge in [-0.15, -0.1) is 0 Å². The molecule has 7 heteroatoms. The molecule has 2 rings (SSSR count). The van der Waals surface area contributed by atoms with Gasteiger partial charge in [0.05, 0.1) is 17.3 Å². The monoisotopic (exact) mass is 290 g/mol. The van der Waals surface area contributed by atoms with Gasteiger partial charge in [-0.25, -0.2) is 0 Å². The van der Waals surface area contributed by atoms with Gasteiger partial charge in [-0.2, -0.15) is 5.26 Å². The molecule has 112 valence electrons. The van der Waals surface area contributed by atoms with Crippen LogP contribution >= 0.6 is 0 Å². The van der Waals surface area contributed by atoms with Crippen LogP contribution in [0.25, 0.3) is 0 Å². The van der Waals surface area contributed by atoms with Crippen molar-refractivity contribution < 1.29 is 14.1 Å².